The van der Waals surface area contributed by atoms with E-state index in [2.05, 4.69) is 51.5 Å². The molecule has 0 atom stereocenters. The third kappa shape index (κ3) is 30.4. The number of nitrogens with zero attached hydrogens (tertiary/aromatic N) is 11. The molecule has 15 aromatic rings. The second-order valence-corrected chi connectivity index (χ2v) is 29.7. The number of rotatable bonds is 34. The van der Waals surface area contributed by atoms with Crippen molar-refractivity contribution >= 4 is 174 Å². The van der Waals surface area contributed by atoms with Crippen molar-refractivity contribution < 1.29 is 67.7 Å². The number of carbonyl (C=O) groups is 5. The highest BCUT2D eigenvalue weighted by molar-refractivity contribution is 6.30. The lowest BCUT2D eigenvalue weighted by Crippen LogP contribution is -2.00. The minimum absolute atomic E-state index is 0.000974. The van der Waals surface area contributed by atoms with Crippen molar-refractivity contribution in [1.82, 2.24) is 24.9 Å². The zero-order valence-electron chi connectivity index (χ0n) is 75.0. The quantitative estimate of drug-likeness (QED) is 0.00647. The molecule has 0 radical (unpaired) electrons. The van der Waals surface area contributed by atoms with Crippen LogP contribution in [0.5, 0.6) is 17.2 Å². The number of ketones is 5. The van der Waals surface area contributed by atoms with Crippen LogP contribution in [0.15, 0.2) is 353 Å². The molecule has 0 bridgehead atoms. The predicted molar refractivity (Wildman–Crippen MR) is 542 cm³/mol. The van der Waals surface area contributed by atoms with Gasteiger partial charge in [0.05, 0.1) is 56.6 Å². The van der Waals surface area contributed by atoms with Crippen molar-refractivity contribution in [2.45, 2.75) is 0 Å². The predicted octanol–water partition coefficient (Wildman–Crippen LogP) is 22.9. The monoisotopic (exact) mass is 1920 g/mol. The van der Waals surface area contributed by atoms with E-state index < -0.39 is 35.3 Å². The highest BCUT2D eigenvalue weighted by atomic mass is 35.5. The molecule has 710 valence electrons. The maximum atomic E-state index is 12.5. The zero-order valence-corrected chi connectivity index (χ0v) is 75.7. The number of carbonyl (C=O) groups excluding carboxylic acids is 5. The van der Waals surface area contributed by atoms with E-state index >= 15 is 0 Å². The number of nitrogens with two attached hydrogens (primary N) is 2. The molecule has 15 rings (SSSR count). The Bertz CT molecular complexity index is 7100. The SMILES string of the molecule is COc1ccc(C(=O)/C=C/c2cccnc2Nc2ccc([N+](=O)[O-])cc2)cc1.COc1ccc(C(=O)/C=C/c2cccnc2Nc2ccc([N+](=O)[O-])cc2)cc1N.COc1ccc(C(=O)/C=C/c2cccnc2Nc2ccc([N+](=O)[O-])cc2)cc1[N+](=O)[O-].Nc1ccc(C(=O)/C=C/c2cccnc2Nc2ccc([N+](=O)[O-])cc2)cc1.O=C(/C=C/c1cccnc1Nc1ccc([N+](=O)[O-])cc1)c1ccc(Cl)cc1. The Kier molecular flexibility index (Phi) is 36.5. The molecule has 0 fully saturated rings. The number of allylic oxidation sites excluding steroid dienone is 5. The second-order valence-electron chi connectivity index (χ2n) is 29.3. The third-order valence-electron chi connectivity index (χ3n) is 19.8. The van der Waals surface area contributed by atoms with Gasteiger partial charge < -0.3 is 52.3 Å². The van der Waals surface area contributed by atoms with Gasteiger partial charge in [0.15, 0.2) is 34.7 Å². The number of nitro benzene ring substituents is 6. The van der Waals surface area contributed by atoms with E-state index in [1.807, 2.05) is 18.2 Å². The van der Waals surface area contributed by atoms with Crippen LogP contribution in [0, 0.1) is 60.7 Å². The van der Waals surface area contributed by atoms with Crippen LogP contribution in [0.4, 0.5) is 103 Å². The first kappa shape index (κ1) is 102. The van der Waals surface area contributed by atoms with Crippen molar-refractivity contribution in [3.63, 3.8) is 0 Å². The molecule has 0 saturated heterocycles. The summed E-state index contributed by atoms with van der Waals surface area (Å²) >= 11 is 5.83. The second kappa shape index (κ2) is 50.7. The maximum absolute atomic E-state index is 12.5. The van der Waals surface area contributed by atoms with Crippen molar-refractivity contribution in [3.05, 3.63) is 474 Å². The number of methoxy groups -OCH3 is 3. The summed E-state index contributed by atoms with van der Waals surface area (Å²) in [6.45, 7) is 0. The minimum Gasteiger partial charge on any atom is -0.497 e. The van der Waals surface area contributed by atoms with Gasteiger partial charge in [-0.2, -0.15) is 0 Å². The van der Waals surface area contributed by atoms with Crippen LogP contribution < -0.4 is 52.3 Å². The number of halogens is 1. The number of nitro groups is 6. The lowest BCUT2D eigenvalue weighted by molar-refractivity contribution is -0.385. The fraction of sp³-hybridized carbons (Fsp3) is 0.0291. The van der Waals surface area contributed by atoms with E-state index in [-0.39, 0.29) is 68.6 Å². The molecule has 5 heterocycles. The van der Waals surface area contributed by atoms with Gasteiger partial charge in [-0.05, 0) is 285 Å². The van der Waals surface area contributed by atoms with Gasteiger partial charge in [-0.3, -0.25) is 84.7 Å². The van der Waals surface area contributed by atoms with Crippen LogP contribution in [-0.4, -0.2) is 105 Å². The lowest BCUT2D eigenvalue weighted by Gasteiger charge is -2.08. The molecular formula is C103H81ClN18O20. The van der Waals surface area contributed by atoms with Crippen LogP contribution in [-0.2, 0) is 0 Å². The van der Waals surface area contributed by atoms with E-state index in [0.717, 1.165) is 6.07 Å². The number of hydrogen-bond acceptors (Lipinski definition) is 32. The van der Waals surface area contributed by atoms with Gasteiger partial charge in [-0.15, -0.1) is 0 Å². The highest BCUT2D eigenvalue weighted by Gasteiger charge is 2.20. The van der Waals surface area contributed by atoms with Crippen LogP contribution in [0.1, 0.15) is 79.6 Å². The number of hydrogen-bond donors (Lipinski definition) is 7. The normalized spacial score (nSPS) is 10.6. The summed E-state index contributed by atoms with van der Waals surface area (Å²) in [6.07, 6.45) is 23.3. The van der Waals surface area contributed by atoms with Gasteiger partial charge in [-0.25, -0.2) is 24.9 Å². The number of aromatic nitrogens is 5. The average molecular weight is 1930 g/mol. The van der Waals surface area contributed by atoms with Gasteiger partial charge in [-0.1, -0.05) is 11.6 Å². The summed E-state index contributed by atoms with van der Waals surface area (Å²) in [4.78, 5) is 145. The molecule has 0 saturated carbocycles. The Morgan fingerprint density at radius 3 is 0.775 bits per heavy atom. The molecule has 0 amide bonds. The van der Waals surface area contributed by atoms with Gasteiger partial charge in [0.2, 0.25) is 0 Å². The van der Waals surface area contributed by atoms with Crippen LogP contribution in [0.3, 0.4) is 0 Å². The topological polar surface area (TPSA) is 549 Å². The zero-order chi connectivity index (χ0) is 102. The standard InChI is InChI=1S/C21H16N4O6.C21H18N4O4.C21H17N3O4.C20H14ClN3O3.C20H16N4O3/c1-31-20-11-5-15(13-18(20)25(29)30)19(26)10-4-14-3-2-12-22-21(14)23-16-6-8-17(9-7-16)24(27)28;1-29-20-11-5-15(13-18(20)22)19(26)10-4-14-3-2-12-23-21(14)24-16-6-8-17(9-7-16)25(27)28;1-28-19-11-4-15(5-12-19)20(25)13-6-16-3-2-14-22-21(16)23-17-7-9-18(10-8-17)24(26)27;2*21-16-6-3-14(4-7-16)19(25)12-5-15-2-1-13-22-20(15)23-17-8-10-18(11-9-17)24(26)27/h2-13H,1H3,(H,22,23);2-13H,22H2,1H3,(H,23,24);2-14H,1H3,(H,22,23);1-13H,(H,22,23);1-13H,21H2,(H,22,23)/b2*10-4+;13-6+;2*12-5+. The number of anilines is 12. The molecule has 9 N–H and O–H groups in total. The summed E-state index contributed by atoms with van der Waals surface area (Å²) in [5.74, 6) is 2.70. The first-order valence-electron chi connectivity index (χ1n) is 41.9. The summed E-state index contributed by atoms with van der Waals surface area (Å²) < 4.78 is 15.1. The number of nitrogens with one attached hydrogen (secondary N) is 5. The van der Waals surface area contributed by atoms with Gasteiger partial charge in [0.25, 0.3) is 28.4 Å². The van der Waals surface area contributed by atoms with Crippen molar-refractivity contribution in [3.8, 4) is 17.2 Å². The number of benzene rings is 10. The Hall–Kier alpha value is -20.3. The number of non-ortho nitro benzene ring substituents is 5. The van der Waals surface area contributed by atoms with E-state index in [4.69, 9.17) is 37.3 Å². The average Bonchev–Trinajstić information content (AvgIpc) is 0.826. The summed E-state index contributed by atoms with van der Waals surface area (Å²) in [5, 5.41) is 80.9. The van der Waals surface area contributed by atoms with Gasteiger partial charge in [0.1, 0.15) is 40.6 Å². The Labute approximate surface area is 812 Å². The number of pyridine rings is 5. The molecule has 0 unspecified atom stereocenters. The molecule has 0 aliphatic rings. The van der Waals surface area contributed by atoms with Crippen molar-refractivity contribution in [2.24, 2.45) is 0 Å². The maximum Gasteiger partial charge on any atom is 0.311 e. The highest BCUT2D eigenvalue weighted by Crippen LogP contribution is 2.33. The van der Waals surface area contributed by atoms with Gasteiger partial charge in [0, 0.05) is 192 Å². The number of nitrogen functional groups attached to an aromatic ring is 2. The Balaban J connectivity index is 0.000000170. The van der Waals surface area contributed by atoms with E-state index in [1.165, 1.54) is 123 Å². The van der Waals surface area contributed by atoms with E-state index in [9.17, 15) is 84.7 Å². The molecule has 10 aromatic carbocycles. The molecule has 0 aliphatic heterocycles. The number of ether oxygens (including phenoxy) is 3. The fourth-order valence-corrected chi connectivity index (χ4v) is 12.6. The molecule has 38 nitrogen and oxygen atoms in total. The fourth-order valence-electron chi connectivity index (χ4n) is 12.5. The molecular weight excluding hydrogens is 1840 g/mol. The summed E-state index contributed by atoms with van der Waals surface area (Å²) in [5.41, 5.74) is 20.9. The molecule has 0 aliphatic carbocycles. The molecule has 0 spiro atoms. The van der Waals surface area contributed by atoms with E-state index in [1.54, 1.807) is 257 Å². The van der Waals surface area contributed by atoms with Crippen molar-refractivity contribution in [2.75, 3.05) is 59.4 Å². The summed E-state index contributed by atoms with van der Waals surface area (Å²) in [7, 11) is 4.39. The minimum atomic E-state index is -0.618. The molecule has 142 heavy (non-hydrogen) atoms. The first-order valence-corrected chi connectivity index (χ1v) is 42.3. The van der Waals surface area contributed by atoms with Crippen LogP contribution in [0.2, 0.25) is 5.02 Å². The van der Waals surface area contributed by atoms with Crippen LogP contribution in [0.25, 0.3) is 30.4 Å². The lowest BCUT2D eigenvalue weighted by atomic mass is 10.1. The Morgan fingerprint density at radius 2 is 0.528 bits per heavy atom. The Morgan fingerprint density at radius 1 is 0.289 bits per heavy atom. The van der Waals surface area contributed by atoms with Crippen molar-refractivity contribution in [1.29, 1.82) is 0 Å². The molecule has 5 aromatic heterocycles. The van der Waals surface area contributed by atoms with E-state index in [0.29, 0.717) is 135 Å². The molecule has 39 heteroatoms. The van der Waals surface area contributed by atoms with Gasteiger partial charge >= 0.3 is 5.69 Å². The summed E-state index contributed by atoms with van der Waals surface area (Å²) in [6, 6.07) is 76.5. The smallest absolute Gasteiger partial charge is 0.311 e. The third-order valence-corrected chi connectivity index (χ3v) is 20.1. The first-order chi connectivity index (χ1) is 68.5. The largest absolute Gasteiger partial charge is 0.497 e. The van der Waals surface area contributed by atoms with Crippen LogP contribution >= 0.6 is 11.6 Å².